The predicted molar refractivity (Wildman–Crippen MR) is 92.2 cm³/mol. The number of ether oxygens (including phenoxy) is 1. The molecule has 3 N–H and O–H groups in total. The Balaban J connectivity index is 1.96. The summed E-state index contributed by atoms with van der Waals surface area (Å²) in [6, 6.07) is 17.1. The van der Waals surface area contributed by atoms with Crippen molar-refractivity contribution in [3.05, 3.63) is 65.7 Å². The van der Waals surface area contributed by atoms with Gasteiger partial charge in [-0.25, -0.2) is 0 Å². The van der Waals surface area contributed by atoms with Gasteiger partial charge in [0, 0.05) is 12.5 Å². The van der Waals surface area contributed by atoms with E-state index in [1.807, 2.05) is 61.5 Å². The van der Waals surface area contributed by atoms with Gasteiger partial charge in [0.2, 0.25) is 5.91 Å². The van der Waals surface area contributed by atoms with Crippen LogP contribution in [0.15, 0.2) is 54.6 Å². The number of benzene rings is 2. The molecule has 4 heteroatoms. The van der Waals surface area contributed by atoms with Crippen LogP contribution in [0.2, 0.25) is 0 Å². The average Bonchev–Trinajstić information content (AvgIpc) is 2.60. The van der Waals surface area contributed by atoms with E-state index in [-0.39, 0.29) is 24.4 Å². The molecule has 0 saturated carbocycles. The molecule has 0 aliphatic carbocycles. The van der Waals surface area contributed by atoms with Crippen LogP contribution >= 0.6 is 0 Å². The van der Waals surface area contributed by atoms with Crippen molar-refractivity contribution in [2.75, 3.05) is 7.11 Å². The molecular weight excluding hydrogens is 288 g/mol. The van der Waals surface area contributed by atoms with Crippen molar-refractivity contribution in [3.63, 3.8) is 0 Å². The Morgan fingerprint density at radius 2 is 1.74 bits per heavy atom. The van der Waals surface area contributed by atoms with Crippen molar-refractivity contribution in [2.24, 2.45) is 5.73 Å². The van der Waals surface area contributed by atoms with E-state index in [1.54, 1.807) is 7.11 Å². The van der Waals surface area contributed by atoms with Crippen molar-refractivity contribution in [1.82, 2.24) is 5.32 Å². The molecule has 0 heterocycles. The van der Waals surface area contributed by atoms with Crippen LogP contribution in [-0.4, -0.2) is 13.0 Å². The van der Waals surface area contributed by atoms with Gasteiger partial charge in [-0.05, 0) is 29.7 Å². The van der Waals surface area contributed by atoms with E-state index in [2.05, 4.69) is 5.32 Å². The molecule has 2 atom stereocenters. The largest absolute Gasteiger partial charge is 0.497 e. The first kappa shape index (κ1) is 17.0. The lowest BCUT2D eigenvalue weighted by molar-refractivity contribution is -0.122. The maximum absolute atomic E-state index is 12.3. The molecule has 0 aliphatic rings. The summed E-state index contributed by atoms with van der Waals surface area (Å²) in [6.45, 7) is 2.05. The van der Waals surface area contributed by atoms with E-state index < -0.39 is 0 Å². The maximum atomic E-state index is 12.3. The van der Waals surface area contributed by atoms with E-state index in [1.165, 1.54) is 0 Å². The number of rotatable bonds is 7. The molecule has 23 heavy (non-hydrogen) atoms. The summed E-state index contributed by atoms with van der Waals surface area (Å²) in [4.78, 5) is 12.3. The summed E-state index contributed by atoms with van der Waals surface area (Å²) in [5, 5.41) is 3.06. The van der Waals surface area contributed by atoms with Crippen molar-refractivity contribution >= 4 is 5.91 Å². The van der Waals surface area contributed by atoms with Crippen LogP contribution in [0.3, 0.4) is 0 Å². The fraction of sp³-hybridized carbons (Fsp3) is 0.316. The van der Waals surface area contributed by atoms with E-state index >= 15 is 0 Å². The van der Waals surface area contributed by atoms with E-state index in [9.17, 15) is 4.79 Å². The molecule has 0 saturated heterocycles. The normalized spacial score (nSPS) is 13.2. The first-order valence-electron chi connectivity index (χ1n) is 7.88. The highest BCUT2D eigenvalue weighted by Crippen LogP contribution is 2.21. The minimum absolute atomic E-state index is 0.0172. The molecule has 0 fully saturated rings. The number of nitrogens with one attached hydrogen (secondary N) is 1. The second kappa shape index (κ2) is 8.34. The summed E-state index contributed by atoms with van der Waals surface area (Å²) in [7, 11) is 1.64. The van der Waals surface area contributed by atoms with E-state index in [4.69, 9.17) is 10.5 Å². The maximum Gasteiger partial charge on any atom is 0.222 e. The molecule has 0 spiro atoms. The fourth-order valence-corrected chi connectivity index (χ4v) is 2.53. The molecular formula is C19H24N2O2. The number of carbonyl (C=O) groups is 1. The molecule has 4 nitrogen and oxygen atoms in total. The standard InChI is InChI=1S/C19H24N2O2/c1-3-18(15-9-11-16(23-2)12-10-15)21-19(22)13-17(20)14-7-5-4-6-8-14/h4-12,17-18H,3,13,20H2,1-2H3,(H,21,22). The Kier molecular flexibility index (Phi) is 6.18. The third-order valence-electron chi connectivity index (χ3n) is 3.89. The first-order chi connectivity index (χ1) is 11.1. The molecule has 122 valence electrons. The zero-order chi connectivity index (χ0) is 16.7. The first-order valence-corrected chi connectivity index (χ1v) is 7.88. The average molecular weight is 312 g/mol. The number of hydrogen-bond donors (Lipinski definition) is 2. The van der Waals surface area contributed by atoms with Gasteiger partial charge in [-0.15, -0.1) is 0 Å². The smallest absolute Gasteiger partial charge is 0.222 e. The van der Waals surface area contributed by atoms with E-state index in [0.29, 0.717) is 0 Å². The van der Waals surface area contributed by atoms with Gasteiger partial charge in [-0.2, -0.15) is 0 Å². The quantitative estimate of drug-likeness (QED) is 0.824. The fourth-order valence-electron chi connectivity index (χ4n) is 2.53. The molecule has 0 aromatic heterocycles. The van der Waals surface area contributed by atoms with Crippen LogP contribution in [-0.2, 0) is 4.79 Å². The molecule has 2 aromatic rings. The molecule has 1 amide bonds. The number of nitrogens with two attached hydrogens (primary N) is 1. The SMILES string of the molecule is CCC(NC(=O)CC(N)c1ccccc1)c1ccc(OC)cc1. The van der Waals surface area contributed by atoms with Crippen molar-refractivity contribution in [2.45, 2.75) is 31.8 Å². The second-order valence-electron chi connectivity index (χ2n) is 5.52. The van der Waals surface area contributed by atoms with Crippen molar-refractivity contribution in [1.29, 1.82) is 0 Å². The van der Waals surface area contributed by atoms with Crippen LogP contribution in [0.5, 0.6) is 5.75 Å². The second-order valence-corrected chi connectivity index (χ2v) is 5.52. The van der Waals surface area contributed by atoms with Gasteiger partial charge in [-0.1, -0.05) is 49.4 Å². The molecule has 2 rings (SSSR count). The third kappa shape index (κ3) is 4.83. The minimum atomic E-state index is -0.287. The molecule has 0 radical (unpaired) electrons. The molecule has 0 aliphatic heterocycles. The van der Waals surface area contributed by atoms with Gasteiger partial charge < -0.3 is 15.8 Å². The zero-order valence-corrected chi connectivity index (χ0v) is 13.7. The van der Waals surface area contributed by atoms with Crippen molar-refractivity contribution < 1.29 is 9.53 Å². The van der Waals surface area contributed by atoms with Crippen LogP contribution in [0.4, 0.5) is 0 Å². The molecule has 2 aromatic carbocycles. The predicted octanol–water partition coefficient (Wildman–Crippen LogP) is 3.35. The Bertz CT molecular complexity index is 611. The zero-order valence-electron chi connectivity index (χ0n) is 13.7. The van der Waals surface area contributed by atoms with Gasteiger partial charge in [0.1, 0.15) is 5.75 Å². The van der Waals surface area contributed by atoms with Gasteiger partial charge in [0.15, 0.2) is 0 Å². The van der Waals surface area contributed by atoms with Gasteiger partial charge in [-0.3, -0.25) is 4.79 Å². The topological polar surface area (TPSA) is 64.4 Å². The van der Waals surface area contributed by atoms with Gasteiger partial charge >= 0.3 is 0 Å². The lowest BCUT2D eigenvalue weighted by atomic mass is 10.0. The molecule has 0 bridgehead atoms. The Labute approximate surface area is 137 Å². The Morgan fingerprint density at radius 1 is 1.09 bits per heavy atom. The minimum Gasteiger partial charge on any atom is -0.497 e. The number of methoxy groups -OCH3 is 1. The van der Waals surface area contributed by atoms with Crippen LogP contribution in [0, 0.1) is 0 Å². The number of amides is 1. The Hall–Kier alpha value is -2.33. The van der Waals surface area contributed by atoms with E-state index in [0.717, 1.165) is 23.3 Å². The summed E-state index contributed by atoms with van der Waals surface area (Å²) >= 11 is 0. The van der Waals surface area contributed by atoms with Crippen LogP contribution in [0.25, 0.3) is 0 Å². The summed E-state index contributed by atoms with van der Waals surface area (Å²) < 4.78 is 5.16. The van der Waals surface area contributed by atoms with Crippen molar-refractivity contribution in [3.8, 4) is 5.75 Å². The number of carbonyl (C=O) groups excluding carboxylic acids is 1. The van der Waals surface area contributed by atoms with Crippen LogP contribution < -0.4 is 15.8 Å². The Morgan fingerprint density at radius 3 is 2.30 bits per heavy atom. The highest BCUT2D eigenvalue weighted by Gasteiger charge is 2.16. The lowest BCUT2D eigenvalue weighted by Crippen LogP contribution is -2.30. The van der Waals surface area contributed by atoms with Crippen LogP contribution in [0.1, 0.15) is 43.0 Å². The lowest BCUT2D eigenvalue weighted by Gasteiger charge is -2.19. The number of hydrogen-bond acceptors (Lipinski definition) is 3. The third-order valence-corrected chi connectivity index (χ3v) is 3.89. The summed E-state index contributed by atoms with van der Waals surface area (Å²) in [5.41, 5.74) is 8.15. The van der Waals surface area contributed by atoms with Gasteiger partial charge in [0.05, 0.1) is 13.2 Å². The summed E-state index contributed by atoms with van der Waals surface area (Å²) in [5.74, 6) is 0.769. The summed E-state index contributed by atoms with van der Waals surface area (Å²) in [6.07, 6.45) is 1.09. The van der Waals surface area contributed by atoms with Gasteiger partial charge in [0.25, 0.3) is 0 Å². The monoisotopic (exact) mass is 312 g/mol. The highest BCUT2D eigenvalue weighted by atomic mass is 16.5. The molecule has 2 unspecified atom stereocenters. The highest BCUT2D eigenvalue weighted by molar-refractivity contribution is 5.77.